The predicted molar refractivity (Wildman–Crippen MR) is 106 cm³/mol. The number of nitrogens with one attached hydrogen (secondary N) is 2. The molecule has 2 N–H and O–H groups in total. The Hall–Kier alpha value is -2.36. The summed E-state index contributed by atoms with van der Waals surface area (Å²) in [7, 11) is 1.69. The van der Waals surface area contributed by atoms with Crippen LogP contribution in [-0.2, 0) is 0 Å². The zero-order valence-corrected chi connectivity index (χ0v) is 15.4. The van der Waals surface area contributed by atoms with Gasteiger partial charge < -0.3 is 20.1 Å². The standard InChI is InChI=1S/C21H30N2O2/c1-3-4-5-8-17-25-19-13-11-18(12-14-19)22-15-16-23-20-9-6-7-10-21(20)24-2/h6-7,9-14,22-23H,3-5,8,15-17H2,1-2H3. The summed E-state index contributed by atoms with van der Waals surface area (Å²) in [5.41, 5.74) is 2.11. The second-order valence-corrected chi connectivity index (χ2v) is 5.99. The Kier molecular flexibility index (Phi) is 8.53. The summed E-state index contributed by atoms with van der Waals surface area (Å²) >= 11 is 0. The van der Waals surface area contributed by atoms with Crippen molar-refractivity contribution >= 4 is 11.4 Å². The van der Waals surface area contributed by atoms with Crippen LogP contribution in [-0.4, -0.2) is 26.8 Å². The lowest BCUT2D eigenvalue weighted by atomic mass is 10.2. The molecule has 4 nitrogen and oxygen atoms in total. The number of rotatable bonds is 12. The number of hydrogen-bond donors (Lipinski definition) is 2. The van der Waals surface area contributed by atoms with E-state index in [1.165, 1.54) is 19.3 Å². The van der Waals surface area contributed by atoms with Gasteiger partial charge in [0.2, 0.25) is 0 Å². The Balaban J connectivity index is 1.66. The number of ether oxygens (including phenoxy) is 2. The molecule has 0 saturated carbocycles. The molecule has 4 heteroatoms. The van der Waals surface area contributed by atoms with Crippen molar-refractivity contribution in [2.75, 3.05) is 37.4 Å². The first-order valence-corrected chi connectivity index (χ1v) is 9.17. The Labute approximate surface area is 151 Å². The Morgan fingerprint density at radius 3 is 2.36 bits per heavy atom. The van der Waals surface area contributed by atoms with Crippen LogP contribution in [0.1, 0.15) is 32.6 Å². The summed E-state index contributed by atoms with van der Waals surface area (Å²) < 4.78 is 11.1. The van der Waals surface area contributed by atoms with E-state index in [1.807, 2.05) is 36.4 Å². The van der Waals surface area contributed by atoms with E-state index in [-0.39, 0.29) is 0 Å². The SMILES string of the molecule is CCCCCCOc1ccc(NCCNc2ccccc2OC)cc1. The minimum atomic E-state index is 0.801. The van der Waals surface area contributed by atoms with E-state index in [0.29, 0.717) is 0 Å². The lowest BCUT2D eigenvalue weighted by molar-refractivity contribution is 0.305. The Morgan fingerprint density at radius 1 is 0.840 bits per heavy atom. The van der Waals surface area contributed by atoms with E-state index in [9.17, 15) is 0 Å². The number of hydrogen-bond acceptors (Lipinski definition) is 4. The molecule has 0 spiro atoms. The van der Waals surface area contributed by atoms with Crippen LogP contribution in [0.2, 0.25) is 0 Å². The van der Waals surface area contributed by atoms with Crippen molar-refractivity contribution in [3.8, 4) is 11.5 Å². The Morgan fingerprint density at radius 2 is 1.60 bits per heavy atom. The van der Waals surface area contributed by atoms with Crippen molar-refractivity contribution in [3.05, 3.63) is 48.5 Å². The maximum Gasteiger partial charge on any atom is 0.141 e. The molecule has 25 heavy (non-hydrogen) atoms. The molecule has 0 fully saturated rings. The first-order chi connectivity index (χ1) is 12.3. The van der Waals surface area contributed by atoms with Gasteiger partial charge in [-0.3, -0.25) is 0 Å². The van der Waals surface area contributed by atoms with Gasteiger partial charge in [-0.15, -0.1) is 0 Å². The average Bonchev–Trinajstić information content (AvgIpc) is 2.66. The maximum absolute atomic E-state index is 5.76. The van der Waals surface area contributed by atoms with E-state index in [1.54, 1.807) is 7.11 Å². The highest BCUT2D eigenvalue weighted by Gasteiger charge is 2.00. The maximum atomic E-state index is 5.76. The second kappa shape index (κ2) is 11.2. The number of benzene rings is 2. The summed E-state index contributed by atoms with van der Waals surface area (Å²) in [4.78, 5) is 0. The molecule has 0 unspecified atom stereocenters. The average molecular weight is 342 g/mol. The van der Waals surface area contributed by atoms with Gasteiger partial charge in [0.1, 0.15) is 11.5 Å². The van der Waals surface area contributed by atoms with Gasteiger partial charge in [0, 0.05) is 18.8 Å². The minimum absolute atomic E-state index is 0.801. The number of anilines is 2. The molecule has 0 aromatic heterocycles. The third kappa shape index (κ3) is 6.96. The van der Waals surface area contributed by atoms with Crippen molar-refractivity contribution in [1.29, 1.82) is 0 Å². The van der Waals surface area contributed by atoms with Gasteiger partial charge in [-0.2, -0.15) is 0 Å². The summed E-state index contributed by atoms with van der Waals surface area (Å²) in [6, 6.07) is 16.1. The van der Waals surface area contributed by atoms with Crippen LogP contribution in [0.5, 0.6) is 11.5 Å². The van der Waals surface area contributed by atoms with Gasteiger partial charge in [-0.1, -0.05) is 38.3 Å². The summed E-state index contributed by atoms with van der Waals surface area (Å²) in [5, 5.41) is 6.78. The van der Waals surface area contributed by atoms with E-state index in [4.69, 9.17) is 9.47 Å². The molecule has 2 aromatic carbocycles. The Bertz CT molecular complexity index is 599. The van der Waals surface area contributed by atoms with E-state index >= 15 is 0 Å². The van der Waals surface area contributed by atoms with Gasteiger partial charge in [0.25, 0.3) is 0 Å². The molecular formula is C21H30N2O2. The zero-order chi connectivity index (χ0) is 17.7. The highest BCUT2D eigenvalue weighted by Crippen LogP contribution is 2.22. The highest BCUT2D eigenvalue weighted by atomic mass is 16.5. The van der Waals surface area contributed by atoms with Crippen molar-refractivity contribution < 1.29 is 9.47 Å². The quantitative estimate of drug-likeness (QED) is 0.522. The first kappa shape index (κ1) is 19.0. The second-order valence-electron chi connectivity index (χ2n) is 5.99. The van der Waals surface area contributed by atoms with Crippen LogP contribution in [0.15, 0.2) is 48.5 Å². The third-order valence-corrected chi connectivity index (χ3v) is 4.00. The van der Waals surface area contributed by atoms with Crippen molar-refractivity contribution in [1.82, 2.24) is 0 Å². The van der Waals surface area contributed by atoms with Crippen LogP contribution in [0.4, 0.5) is 11.4 Å². The fourth-order valence-corrected chi connectivity index (χ4v) is 2.58. The third-order valence-electron chi connectivity index (χ3n) is 4.00. The van der Waals surface area contributed by atoms with Gasteiger partial charge in [-0.05, 0) is 42.8 Å². The van der Waals surface area contributed by atoms with E-state index in [2.05, 4.69) is 29.7 Å². The zero-order valence-electron chi connectivity index (χ0n) is 15.4. The largest absolute Gasteiger partial charge is 0.495 e. The van der Waals surface area contributed by atoms with Crippen LogP contribution in [0, 0.1) is 0 Å². The molecule has 0 radical (unpaired) electrons. The molecule has 0 saturated heterocycles. The van der Waals surface area contributed by atoms with Gasteiger partial charge in [-0.25, -0.2) is 0 Å². The smallest absolute Gasteiger partial charge is 0.141 e. The molecular weight excluding hydrogens is 312 g/mol. The lowest BCUT2D eigenvalue weighted by Crippen LogP contribution is -2.14. The van der Waals surface area contributed by atoms with Crippen molar-refractivity contribution in [3.63, 3.8) is 0 Å². The molecule has 2 aromatic rings. The summed E-state index contributed by atoms with van der Waals surface area (Å²) in [5.74, 6) is 1.80. The topological polar surface area (TPSA) is 42.5 Å². The number of para-hydroxylation sites is 2. The van der Waals surface area contributed by atoms with Crippen LogP contribution >= 0.6 is 0 Å². The molecule has 0 heterocycles. The molecule has 0 aliphatic rings. The van der Waals surface area contributed by atoms with Crippen molar-refractivity contribution in [2.45, 2.75) is 32.6 Å². The van der Waals surface area contributed by atoms with Gasteiger partial charge in [0.15, 0.2) is 0 Å². The molecule has 0 aliphatic heterocycles. The number of methoxy groups -OCH3 is 1. The van der Waals surface area contributed by atoms with Crippen molar-refractivity contribution in [2.24, 2.45) is 0 Å². The lowest BCUT2D eigenvalue weighted by Gasteiger charge is -2.12. The monoisotopic (exact) mass is 342 g/mol. The molecule has 0 bridgehead atoms. The van der Waals surface area contributed by atoms with E-state index < -0.39 is 0 Å². The summed E-state index contributed by atoms with van der Waals surface area (Å²) in [6.45, 7) is 4.67. The van der Waals surface area contributed by atoms with Crippen LogP contribution < -0.4 is 20.1 Å². The molecule has 2 rings (SSSR count). The number of unbranched alkanes of at least 4 members (excludes halogenated alkanes) is 3. The normalized spacial score (nSPS) is 10.3. The fourth-order valence-electron chi connectivity index (χ4n) is 2.58. The first-order valence-electron chi connectivity index (χ1n) is 9.17. The van der Waals surface area contributed by atoms with Crippen LogP contribution in [0.25, 0.3) is 0 Å². The molecule has 0 atom stereocenters. The summed E-state index contributed by atoms with van der Waals surface area (Å²) in [6.07, 6.45) is 4.92. The highest BCUT2D eigenvalue weighted by molar-refractivity contribution is 5.56. The van der Waals surface area contributed by atoms with E-state index in [0.717, 1.165) is 49.0 Å². The van der Waals surface area contributed by atoms with Crippen LogP contribution in [0.3, 0.4) is 0 Å². The van der Waals surface area contributed by atoms with Gasteiger partial charge >= 0.3 is 0 Å². The minimum Gasteiger partial charge on any atom is -0.495 e. The molecule has 136 valence electrons. The fraction of sp³-hybridized carbons (Fsp3) is 0.429. The predicted octanol–water partition coefficient (Wildman–Crippen LogP) is 5.18. The molecule has 0 amide bonds. The van der Waals surface area contributed by atoms with Gasteiger partial charge in [0.05, 0.1) is 19.4 Å². The molecule has 0 aliphatic carbocycles.